The van der Waals surface area contributed by atoms with Crippen LogP contribution in [0.25, 0.3) is 0 Å². The summed E-state index contributed by atoms with van der Waals surface area (Å²) in [4.78, 5) is 40.6. The largest absolute Gasteiger partial charge is 0.484 e. The Hall–Kier alpha value is -4.24. The number of pyridine rings is 1. The molecule has 0 spiro atoms. The van der Waals surface area contributed by atoms with Crippen LogP contribution in [0.3, 0.4) is 0 Å². The highest BCUT2D eigenvalue weighted by atomic mass is 16.5. The highest BCUT2D eigenvalue weighted by molar-refractivity contribution is 5.88. The Labute approximate surface area is 210 Å². The van der Waals surface area contributed by atoms with Crippen LogP contribution < -0.4 is 26.8 Å². The molecule has 6 N–H and O–H groups in total. The molecule has 0 saturated heterocycles. The maximum absolute atomic E-state index is 13.0. The summed E-state index contributed by atoms with van der Waals surface area (Å²) in [6.45, 7) is 0.605. The Morgan fingerprint density at radius 3 is 2.25 bits per heavy atom. The van der Waals surface area contributed by atoms with Crippen molar-refractivity contribution >= 4 is 17.7 Å². The molecule has 0 aliphatic heterocycles. The van der Waals surface area contributed by atoms with Crippen LogP contribution in [0.4, 0.5) is 0 Å². The molecule has 0 fully saturated rings. The minimum absolute atomic E-state index is 0.193. The van der Waals surface area contributed by atoms with Gasteiger partial charge in [-0.3, -0.25) is 19.4 Å². The van der Waals surface area contributed by atoms with Crippen LogP contribution in [0.1, 0.15) is 28.7 Å². The average molecular weight is 490 g/mol. The van der Waals surface area contributed by atoms with E-state index in [0.29, 0.717) is 31.7 Å². The molecular weight excluding hydrogens is 458 g/mol. The third-order valence-electron chi connectivity index (χ3n) is 5.48. The highest BCUT2D eigenvalue weighted by Crippen LogP contribution is 2.13. The molecule has 1 atom stereocenters. The van der Waals surface area contributed by atoms with E-state index in [1.165, 1.54) is 0 Å². The van der Waals surface area contributed by atoms with Crippen LogP contribution in [0.15, 0.2) is 73.1 Å². The summed E-state index contributed by atoms with van der Waals surface area (Å²) in [6.07, 6.45) is 4.35. The zero-order valence-corrected chi connectivity index (χ0v) is 20.0. The highest BCUT2D eigenvalue weighted by Gasteiger charge is 2.21. The molecule has 0 unspecified atom stereocenters. The van der Waals surface area contributed by atoms with Gasteiger partial charge in [-0.1, -0.05) is 42.5 Å². The number of carbonyl (C=O) groups is 3. The number of hydrogen-bond donors (Lipinski definition) is 4. The van der Waals surface area contributed by atoms with Crippen molar-refractivity contribution in [2.24, 2.45) is 11.5 Å². The minimum Gasteiger partial charge on any atom is -0.484 e. The lowest BCUT2D eigenvalue weighted by Crippen LogP contribution is -2.47. The van der Waals surface area contributed by atoms with Crippen LogP contribution in [0.5, 0.6) is 5.75 Å². The number of nitrogens with one attached hydrogen (secondary N) is 2. The lowest BCUT2D eigenvalue weighted by atomic mass is 10.1. The van der Waals surface area contributed by atoms with Crippen molar-refractivity contribution in [1.82, 2.24) is 15.6 Å². The van der Waals surface area contributed by atoms with Crippen molar-refractivity contribution in [2.45, 2.75) is 38.4 Å². The van der Waals surface area contributed by atoms with E-state index in [1.807, 2.05) is 42.5 Å². The number of hydrogen-bond acceptors (Lipinski definition) is 6. The second kappa shape index (κ2) is 13.6. The Morgan fingerprint density at radius 1 is 0.917 bits per heavy atom. The molecule has 36 heavy (non-hydrogen) atoms. The van der Waals surface area contributed by atoms with Crippen LogP contribution in [-0.2, 0) is 40.3 Å². The second-order valence-electron chi connectivity index (χ2n) is 8.32. The fourth-order valence-corrected chi connectivity index (χ4v) is 3.50. The van der Waals surface area contributed by atoms with Crippen LogP contribution in [-0.4, -0.2) is 35.4 Å². The molecule has 1 heterocycles. The van der Waals surface area contributed by atoms with Gasteiger partial charge in [0.15, 0.2) is 6.61 Å². The number of amides is 3. The van der Waals surface area contributed by atoms with E-state index in [9.17, 15) is 14.4 Å². The smallest absolute Gasteiger partial charge is 0.255 e. The van der Waals surface area contributed by atoms with Crippen LogP contribution in [0, 0.1) is 0 Å². The number of primary amides is 1. The molecule has 0 radical (unpaired) electrons. The number of nitrogens with two attached hydrogens (primary N) is 2. The second-order valence-corrected chi connectivity index (χ2v) is 8.32. The van der Waals surface area contributed by atoms with Gasteiger partial charge in [0.2, 0.25) is 11.8 Å². The summed E-state index contributed by atoms with van der Waals surface area (Å²) < 4.78 is 5.24. The maximum Gasteiger partial charge on any atom is 0.255 e. The number of carbonyl (C=O) groups excluding carboxylic acids is 3. The van der Waals surface area contributed by atoms with Crippen molar-refractivity contribution in [3.8, 4) is 5.75 Å². The molecule has 0 aliphatic carbocycles. The molecular formula is C27H31N5O4. The van der Waals surface area contributed by atoms with Crippen molar-refractivity contribution in [3.63, 3.8) is 0 Å². The number of aromatic nitrogens is 1. The summed E-state index contributed by atoms with van der Waals surface area (Å²) in [6, 6.07) is 17.7. The van der Waals surface area contributed by atoms with Gasteiger partial charge in [-0.2, -0.15) is 0 Å². The molecule has 3 rings (SSSR count). The van der Waals surface area contributed by atoms with Crippen molar-refractivity contribution < 1.29 is 19.1 Å². The fourth-order valence-electron chi connectivity index (χ4n) is 3.50. The standard InChI is InChI=1S/C27H31N5O4/c28-15-20-3-5-21(6-4-20)17-31-27(35)24(14-22-2-1-13-30-16-22)32-26(34)12-9-19-7-10-23(11-8-19)36-18-25(29)33/h1-8,10-11,13,16,24H,9,12,14-15,17-18,28H2,(H2,29,33)(H,31,35)(H,32,34)/t24-/m0/s1. The van der Waals surface area contributed by atoms with E-state index in [2.05, 4.69) is 15.6 Å². The summed E-state index contributed by atoms with van der Waals surface area (Å²) in [5.74, 6) is -0.538. The first-order chi connectivity index (χ1) is 17.4. The molecule has 9 heteroatoms. The first-order valence-electron chi connectivity index (χ1n) is 11.7. The zero-order valence-electron chi connectivity index (χ0n) is 20.0. The SMILES string of the molecule is NCc1ccc(CNC(=O)[C@H](Cc2cccnc2)NC(=O)CCc2ccc(OCC(N)=O)cc2)cc1. The third-order valence-corrected chi connectivity index (χ3v) is 5.48. The Kier molecular flexibility index (Phi) is 9.96. The Bertz CT molecular complexity index is 1140. The molecule has 0 bridgehead atoms. The average Bonchev–Trinajstić information content (AvgIpc) is 2.90. The minimum atomic E-state index is -0.741. The van der Waals surface area contributed by atoms with Gasteiger partial charge in [0.25, 0.3) is 5.91 Å². The Morgan fingerprint density at radius 2 is 1.61 bits per heavy atom. The van der Waals surface area contributed by atoms with E-state index >= 15 is 0 Å². The first-order valence-corrected chi connectivity index (χ1v) is 11.7. The molecule has 0 aliphatic rings. The van der Waals surface area contributed by atoms with Crippen molar-refractivity contribution in [1.29, 1.82) is 0 Å². The molecule has 0 saturated carbocycles. The van der Waals surface area contributed by atoms with Gasteiger partial charge in [0, 0.05) is 38.3 Å². The van der Waals surface area contributed by atoms with E-state index in [0.717, 1.165) is 22.3 Å². The van der Waals surface area contributed by atoms with Gasteiger partial charge >= 0.3 is 0 Å². The molecule has 9 nitrogen and oxygen atoms in total. The van der Waals surface area contributed by atoms with Crippen molar-refractivity contribution in [3.05, 3.63) is 95.3 Å². The van der Waals surface area contributed by atoms with Crippen molar-refractivity contribution in [2.75, 3.05) is 6.61 Å². The fraction of sp³-hybridized carbons (Fsp3) is 0.259. The number of benzene rings is 2. The third kappa shape index (κ3) is 8.84. The van der Waals surface area contributed by atoms with Gasteiger partial charge in [-0.15, -0.1) is 0 Å². The van der Waals surface area contributed by atoms with Crippen LogP contribution >= 0.6 is 0 Å². The molecule has 2 aromatic carbocycles. The van der Waals surface area contributed by atoms with Gasteiger partial charge in [0.1, 0.15) is 11.8 Å². The quantitative estimate of drug-likeness (QED) is 0.285. The van der Waals surface area contributed by atoms with Gasteiger partial charge in [-0.05, 0) is 46.9 Å². The van der Waals surface area contributed by atoms with E-state index in [1.54, 1.807) is 30.6 Å². The van der Waals surface area contributed by atoms with Gasteiger partial charge in [0.05, 0.1) is 0 Å². The molecule has 3 aromatic rings. The normalized spacial score (nSPS) is 11.4. The first kappa shape index (κ1) is 26.4. The van der Waals surface area contributed by atoms with E-state index < -0.39 is 11.9 Å². The molecule has 188 valence electrons. The molecule has 3 amide bonds. The lowest BCUT2D eigenvalue weighted by Gasteiger charge is -2.19. The van der Waals surface area contributed by atoms with Gasteiger partial charge < -0.3 is 26.8 Å². The predicted molar refractivity (Wildman–Crippen MR) is 136 cm³/mol. The van der Waals surface area contributed by atoms with E-state index in [4.69, 9.17) is 16.2 Å². The number of aryl methyl sites for hydroxylation is 1. The number of rotatable bonds is 13. The summed E-state index contributed by atoms with van der Waals surface area (Å²) in [7, 11) is 0. The maximum atomic E-state index is 13.0. The summed E-state index contributed by atoms with van der Waals surface area (Å²) in [5.41, 5.74) is 14.4. The monoisotopic (exact) mass is 489 g/mol. The van der Waals surface area contributed by atoms with Gasteiger partial charge in [-0.25, -0.2) is 0 Å². The van der Waals surface area contributed by atoms with E-state index in [-0.39, 0.29) is 24.8 Å². The number of ether oxygens (including phenoxy) is 1. The lowest BCUT2D eigenvalue weighted by molar-refractivity contribution is -0.129. The number of nitrogens with zero attached hydrogens (tertiary/aromatic N) is 1. The molecule has 1 aromatic heterocycles. The Balaban J connectivity index is 1.56. The van der Waals surface area contributed by atoms with Crippen LogP contribution in [0.2, 0.25) is 0 Å². The summed E-state index contributed by atoms with van der Waals surface area (Å²) in [5, 5.41) is 5.77. The summed E-state index contributed by atoms with van der Waals surface area (Å²) >= 11 is 0. The topological polar surface area (TPSA) is 149 Å². The predicted octanol–water partition coefficient (Wildman–Crippen LogP) is 1.38. The zero-order chi connectivity index (χ0) is 25.8.